The van der Waals surface area contributed by atoms with Crippen molar-refractivity contribution >= 4 is 0 Å². The molecule has 0 saturated heterocycles. The summed E-state index contributed by atoms with van der Waals surface area (Å²) in [5, 5.41) is 0. The van der Waals surface area contributed by atoms with E-state index in [4.69, 9.17) is 10.5 Å². The molecule has 0 spiro atoms. The monoisotopic (exact) mass is 255 g/mol. The van der Waals surface area contributed by atoms with Gasteiger partial charge >= 0.3 is 0 Å². The van der Waals surface area contributed by atoms with Gasteiger partial charge in [0.15, 0.2) is 0 Å². The average molecular weight is 255 g/mol. The molecule has 2 rings (SSSR count). The van der Waals surface area contributed by atoms with Crippen molar-refractivity contribution in [3.8, 4) is 5.75 Å². The van der Waals surface area contributed by atoms with E-state index in [1.807, 2.05) is 0 Å². The van der Waals surface area contributed by atoms with Crippen LogP contribution in [0.2, 0.25) is 0 Å². The lowest BCUT2D eigenvalue weighted by atomic mass is 9.62. The molecule has 0 atom stereocenters. The molecule has 1 aromatic rings. The fourth-order valence-corrected chi connectivity index (χ4v) is 2.77. The van der Waals surface area contributed by atoms with E-state index < -0.39 is 5.92 Å². The highest BCUT2D eigenvalue weighted by molar-refractivity contribution is 5.49. The molecule has 1 saturated carbocycles. The van der Waals surface area contributed by atoms with Crippen LogP contribution in [-0.4, -0.2) is 13.7 Å². The summed E-state index contributed by atoms with van der Waals surface area (Å²) in [6.07, 6.45) is 2.74. The molecular formula is C14H19F2NO. The predicted octanol–water partition coefficient (Wildman–Crippen LogP) is 3.19. The Bertz CT molecular complexity index is 430. The van der Waals surface area contributed by atoms with Crippen molar-refractivity contribution in [1.29, 1.82) is 0 Å². The van der Waals surface area contributed by atoms with Gasteiger partial charge in [-0.3, -0.25) is 0 Å². The molecule has 1 fully saturated rings. The summed E-state index contributed by atoms with van der Waals surface area (Å²) in [6.45, 7) is 1.31. The molecule has 2 N–H and O–H groups in total. The Morgan fingerprint density at radius 3 is 2.44 bits per heavy atom. The number of nitrogens with two attached hydrogens (primary N) is 1. The Balaban J connectivity index is 2.62. The van der Waals surface area contributed by atoms with Gasteiger partial charge in [-0.1, -0.05) is 18.6 Å². The standard InChI is InChI=1S/C14H19F2NO/c1-13(15,16)10-5-3-6-11(18-2)12(10)14(9-17)7-4-8-14/h3,5-6H,4,7-9,17H2,1-2H3. The Morgan fingerprint density at radius 1 is 1.39 bits per heavy atom. The number of hydrogen-bond acceptors (Lipinski definition) is 2. The van der Waals surface area contributed by atoms with E-state index in [2.05, 4.69) is 0 Å². The van der Waals surface area contributed by atoms with Gasteiger partial charge in [0.25, 0.3) is 5.92 Å². The molecule has 100 valence electrons. The second-order valence-electron chi connectivity index (χ2n) is 5.11. The maximum atomic E-state index is 13.8. The van der Waals surface area contributed by atoms with Gasteiger partial charge in [0.1, 0.15) is 5.75 Å². The normalized spacial score (nSPS) is 18.3. The SMILES string of the molecule is COc1cccc(C(C)(F)F)c1C1(CN)CCC1. The van der Waals surface area contributed by atoms with Crippen molar-refractivity contribution in [1.82, 2.24) is 0 Å². The van der Waals surface area contributed by atoms with Gasteiger partial charge in [-0.25, -0.2) is 8.78 Å². The fraction of sp³-hybridized carbons (Fsp3) is 0.571. The fourth-order valence-electron chi connectivity index (χ4n) is 2.77. The second kappa shape index (κ2) is 4.50. The number of methoxy groups -OCH3 is 1. The van der Waals surface area contributed by atoms with Crippen LogP contribution in [0.4, 0.5) is 8.78 Å². The molecule has 0 aromatic heterocycles. The van der Waals surface area contributed by atoms with Crippen LogP contribution in [0.3, 0.4) is 0 Å². The summed E-state index contributed by atoms with van der Waals surface area (Å²) >= 11 is 0. The van der Waals surface area contributed by atoms with Gasteiger partial charge in [0.2, 0.25) is 0 Å². The average Bonchev–Trinajstić information content (AvgIpc) is 2.27. The maximum absolute atomic E-state index is 13.8. The van der Waals surface area contributed by atoms with Crippen LogP contribution in [0.1, 0.15) is 37.3 Å². The highest BCUT2D eigenvalue weighted by Crippen LogP contribution is 2.50. The van der Waals surface area contributed by atoms with E-state index in [1.165, 1.54) is 13.2 Å². The molecule has 0 aliphatic heterocycles. The van der Waals surface area contributed by atoms with Crippen LogP contribution in [0.15, 0.2) is 18.2 Å². The number of hydrogen-bond donors (Lipinski definition) is 1. The Morgan fingerprint density at radius 2 is 2.06 bits per heavy atom. The van der Waals surface area contributed by atoms with E-state index in [0.29, 0.717) is 17.9 Å². The molecule has 1 aliphatic carbocycles. The van der Waals surface area contributed by atoms with Crippen molar-refractivity contribution in [2.45, 2.75) is 37.5 Å². The van der Waals surface area contributed by atoms with Gasteiger partial charge in [0.05, 0.1) is 7.11 Å². The van der Waals surface area contributed by atoms with Crippen molar-refractivity contribution in [3.05, 3.63) is 29.3 Å². The first-order chi connectivity index (χ1) is 8.44. The topological polar surface area (TPSA) is 35.2 Å². The van der Waals surface area contributed by atoms with Gasteiger partial charge in [-0.15, -0.1) is 0 Å². The van der Waals surface area contributed by atoms with E-state index in [9.17, 15) is 8.78 Å². The molecule has 2 nitrogen and oxygen atoms in total. The summed E-state index contributed by atoms with van der Waals surface area (Å²) in [5.41, 5.74) is 6.16. The second-order valence-corrected chi connectivity index (χ2v) is 5.11. The molecule has 1 aromatic carbocycles. The van der Waals surface area contributed by atoms with Crippen LogP contribution in [-0.2, 0) is 11.3 Å². The third kappa shape index (κ3) is 1.99. The van der Waals surface area contributed by atoms with E-state index in [-0.39, 0.29) is 11.0 Å². The summed E-state index contributed by atoms with van der Waals surface area (Å²) in [5.74, 6) is -2.35. The van der Waals surface area contributed by atoms with E-state index in [1.54, 1.807) is 12.1 Å². The Hall–Kier alpha value is -1.16. The van der Waals surface area contributed by atoms with Crippen molar-refractivity contribution in [2.24, 2.45) is 5.73 Å². The van der Waals surface area contributed by atoms with Crippen molar-refractivity contribution in [2.75, 3.05) is 13.7 Å². The molecule has 0 heterocycles. The van der Waals surface area contributed by atoms with E-state index >= 15 is 0 Å². The minimum atomic E-state index is -2.87. The molecule has 0 amide bonds. The molecular weight excluding hydrogens is 236 g/mol. The Kier molecular flexibility index (Phi) is 3.32. The number of halogens is 2. The van der Waals surface area contributed by atoms with Gasteiger partial charge in [-0.05, 0) is 18.9 Å². The number of ether oxygens (including phenoxy) is 1. The zero-order valence-corrected chi connectivity index (χ0v) is 10.8. The maximum Gasteiger partial charge on any atom is 0.270 e. The van der Waals surface area contributed by atoms with Crippen LogP contribution in [0.25, 0.3) is 0 Å². The summed E-state index contributed by atoms with van der Waals surface area (Å²) < 4.78 is 32.8. The summed E-state index contributed by atoms with van der Waals surface area (Å²) in [6, 6.07) is 4.83. The first kappa shape index (κ1) is 13.3. The first-order valence-electron chi connectivity index (χ1n) is 6.20. The number of rotatable bonds is 4. The lowest BCUT2D eigenvalue weighted by Crippen LogP contribution is -2.43. The van der Waals surface area contributed by atoms with Gasteiger partial charge in [-0.2, -0.15) is 0 Å². The highest BCUT2D eigenvalue weighted by atomic mass is 19.3. The van der Waals surface area contributed by atoms with Crippen LogP contribution < -0.4 is 10.5 Å². The zero-order valence-electron chi connectivity index (χ0n) is 10.8. The van der Waals surface area contributed by atoms with Gasteiger partial charge < -0.3 is 10.5 Å². The molecule has 18 heavy (non-hydrogen) atoms. The third-order valence-electron chi connectivity index (χ3n) is 3.95. The molecule has 1 aliphatic rings. The number of alkyl halides is 2. The largest absolute Gasteiger partial charge is 0.496 e. The minimum absolute atomic E-state index is 0.0481. The summed E-state index contributed by atoms with van der Waals surface area (Å²) in [7, 11) is 1.51. The highest BCUT2D eigenvalue weighted by Gasteiger charge is 2.44. The summed E-state index contributed by atoms with van der Waals surface area (Å²) in [4.78, 5) is 0. The molecule has 0 unspecified atom stereocenters. The van der Waals surface area contributed by atoms with Crippen LogP contribution >= 0.6 is 0 Å². The predicted molar refractivity (Wildman–Crippen MR) is 67.1 cm³/mol. The number of benzene rings is 1. The smallest absolute Gasteiger partial charge is 0.270 e. The molecule has 0 radical (unpaired) electrons. The lowest BCUT2D eigenvalue weighted by molar-refractivity contribution is 0.0138. The molecule has 0 bridgehead atoms. The minimum Gasteiger partial charge on any atom is -0.496 e. The Labute approximate surface area is 106 Å². The third-order valence-corrected chi connectivity index (χ3v) is 3.95. The van der Waals surface area contributed by atoms with Crippen LogP contribution in [0, 0.1) is 0 Å². The first-order valence-corrected chi connectivity index (χ1v) is 6.20. The lowest BCUT2D eigenvalue weighted by Gasteiger charge is -2.43. The van der Waals surface area contributed by atoms with Crippen LogP contribution in [0.5, 0.6) is 5.75 Å². The molecule has 4 heteroatoms. The van der Waals surface area contributed by atoms with Crippen molar-refractivity contribution < 1.29 is 13.5 Å². The zero-order chi connectivity index (χ0) is 13.4. The van der Waals surface area contributed by atoms with E-state index in [0.717, 1.165) is 26.2 Å². The van der Waals surface area contributed by atoms with Gasteiger partial charge in [0, 0.05) is 30.0 Å². The quantitative estimate of drug-likeness (QED) is 0.896. The van der Waals surface area contributed by atoms with Crippen molar-refractivity contribution in [3.63, 3.8) is 0 Å².